The summed E-state index contributed by atoms with van der Waals surface area (Å²) in [5.41, 5.74) is 4.12. The van der Waals surface area contributed by atoms with Crippen LogP contribution in [-0.2, 0) is 13.1 Å². The largest absolute Gasteiger partial charge is 0.344 e. The third-order valence-corrected chi connectivity index (χ3v) is 5.82. The summed E-state index contributed by atoms with van der Waals surface area (Å²) in [4.78, 5) is 16.7. The summed E-state index contributed by atoms with van der Waals surface area (Å²) in [6.07, 6.45) is 3.34. The summed E-state index contributed by atoms with van der Waals surface area (Å²) < 4.78 is 16.4. The van der Waals surface area contributed by atoms with Gasteiger partial charge in [-0.15, -0.1) is 0 Å². The van der Waals surface area contributed by atoms with Gasteiger partial charge in [-0.25, -0.2) is 19.0 Å². The van der Waals surface area contributed by atoms with Crippen molar-refractivity contribution in [3.63, 3.8) is 0 Å². The smallest absolute Gasteiger partial charge is 0.183 e. The Morgan fingerprint density at radius 3 is 2.84 bits per heavy atom. The molecular weight excluding hydrogens is 429 g/mol. The zero-order valence-electron chi connectivity index (χ0n) is 16.8. The number of fused-ring (bicyclic) bond motifs is 2. The van der Waals surface area contributed by atoms with E-state index in [0.29, 0.717) is 34.3 Å². The Morgan fingerprint density at radius 2 is 1.94 bits per heavy atom. The lowest BCUT2D eigenvalue weighted by atomic mass is 10.0. The second-order valence-electron chi connectivity index (χ2n) is 7.63. The number of rotatable bonds is 3. The lowest BCUT2D eigenvalue weighted by Gasteiger charge is -2.11. The van der Waals surface area contributed by atoms with Crippen molar-refractivity contribution < 1.29 is 4.39 Å². The van der Waals surface area contributed by atoms with Crippen molar-refractivity contribution in [2.45, 2.75) is 13.1 Å². The predicted octanol–water partition coefficient (Wildman–Crippen LogP) is 4.45. The van der Waals surface area contributed by atoms with Gasteiger partial charge in [0.25, 0.3) is 0 Å². The number of hydrogen-bond acceptors (Lipinski definition) is 5. The van der Waals surface area contributed by atoms with Gasteiger partial charge in [0, 0.05) is 39.8 Å². The summed E-state index contributed by atoms with van der Waals surface area (Å²) in [6, 6.07) is 12.3. The van der Waals surface area contributed by atoms with E-state index in [4.69, 9.17) is 11.6 Å². The number of nitrogens with one attached hydrogen (secondary N) is 2. The second-order valence-corrected chi connectivity index (χ2v) is 8.07. The highest BCUT2D eigenvalue weighted by atomic mass is 35.5. The molecule has 32 heavy (non-hydrogen) atoms. The highest BCUT2D eigenvalue weighted by Gasteiger charge is 2.17. The van der Waals surface area contributed by atoms with Crippen molar-refractivity contribution in [3.8, 4) is 33.9 Å². The molecule has 2 aromatic carbocycles. The van der Waals surface area contributed by atoms with E-state index >= 15 is 0 Å². The molecule has 1 aliphatic rings. The van der Waals surface area contributed by atoms with Crippen molar-refractivity contribution in [2.75, 3.05) is 6.54 Å². The van der Waals surface area contributed by atoms with Crippen molar-refractivity contribution in [3.05, 3.63) is 71.7 Å². The number of aromatic nitrogens is 6. The van der Waals surface area contributed by atoms with Crippen LogP contribution in [0.1, 0.15) is 5.82 Å². The molecule has 0 radical (unpaired) electrons. The fraction of sp³-hybridized carbons (Fsp3) is 0.130. The van der Waals surface area contributed by atoms with Gasteiger partial charge in [0.15, 0.2) is 5.82 Å². The van der Waals surface area contributed by atoms with Gasteiger partial charge < -0.3 is 10.3 Å². The van der Waals surface area contributed by atoms with Gasteiger partial charge in [-0.3, -0.25) is 4.98 Å². The van der Waals surface area contributed by atoms with Gasteiger partial charge in [0.2, 0.25) is 0 Å². The first-order valence-corrected chi connectivity index (χ1v) is 10.6. The highest BCUT2D eigenvalue weighted by molar-refractivity contribution is 6.30. The van der Waals surface area contributed by atoms with Gasteiger partial charge in [0.05, 0.1) is 36.3 Å². The van der Waals surface area contributed by atoms with Crippen LogP contribution in [0.2, 0.25) is 5.02 Å². The molecule has 0 bridgehead atoms. The molecule has 0 aliphatic carbocycles. The molecular formula is C23H17ClFN7. The number of nitrogens with zero attached hydrogens (tertiary/aromatic N) is 5. The molecule has 2 N–H and O–H groups in total. The van der Waals surface area contributed by atoms with E-state index in [0.717, 1.165) is 40.9 Å². The molecule has 0 atom stereocenters. The predicted molar refractivity (Wildman–Crippen MR) is 120 cm³/mol. The molecule has 6 rings (SSSR count). The lowest BCUT2D eigenvalue weighted by molar-refractivity contribution is 0.469. The minimum Gasteiger partial charge on any atom is -0.344 e. The SMILES string of the molecule is Fc1ccc(Cl)cc1-c1[nH]cnc1-c1ccc2ncc(-c3nc4n(n3)CCNC4)cc2c1. The van der Waals surface area contributed by atoms with Crippen molar-refractivity contribution in [2.24, 2.45) is 0 Å². The number of H-pyrrole nitrogens is 1. The summed E-state index contributed by atoms with van der Waals surface area (Å²) in [5.74, 6) is 1.21. The standard InChI is InChI=1S/C23H17ClFN7/c24-16-2-3-18(25)17(9-16)22-21(28-12-29-22)13-1-4-19-14(7-13)8-15(10-27-19)23-30-20-11-26-5-6-32(20)31-23/h1-4,7-10,12,26H,5-6,11H2,(H,28,29). The van der Waals surface area contributed by atoms with Crippen LogP contribution in [0.15, 0.2) is 55.0 Å². The number of halogens is 2. The highest BCUT2D eigenvalue weighted by Crippen LogP contribution is 2.34. The van der Waals surface area contributed by atoms with E-state index in [-0.39, 0.29) is 5.82 Å². The van der Waals surface area contributed by atoms with Crippen LogP contribution in [0.3, 0.4) is 0 Å². The fourth-order valence-electron chi connectivity index (χ4n) is 4.00. The van der Waals surface area contributed by atoms with Crippen LogP contribution >= 0.6 is 11.6 Å². The maximum absolute atomic E-state index is 14.5. The number of aromatic amines is 1. The molecule has 158 valence electrons. The molecule has 3 aromatic heterocycles. The van der Waals surface area contributed by atoms with Gasteiger partial charge in [0.1, 0.15) is 11.6 Å². The van der Waals surface area contributed by atoms with E-state index in [9.17, 15) is 4.39 Å². The first-order chi connectivity index (χ1) is 15.7. The van der Waals surface area contributed by atoms with Crippen molar-refractivity contribution in [1.29, 1.82) is 0 Å². The monoisotopic (exact) mass is 445 g/mol. The third kappa shape index (κ3) is 3.24. The zero-order chi connectivity index (χ0) is 21.7. The van der Waals surface area contributed by atoms with Crippen LogP contribution < -0.4 is 5.32 Å². The Balaban J connectivity index is 1.43. The first kappa shape index (κ1) is 19.1. The number of imidazole rings is 1. The second kappa shape index (κ2) is 7.51. The molecule has 4 heterocycles. The van der Waals surface area contributed by atoms with Crippen molar-refractivity contribution >= 4 is 22.5 Å². The topological polar surface area (TPSA) is 84.3 Å². The van der Waals surface area contributed by atoms with E-state index < -0.39 is 0 Å². The molecule has 9 heteroatoms. The molecule has 0 saturated carbocycles. The van der Waals surface area contributed by atoms with E-state index in [1.165, 1.54) is 12.1 Å². The molecule has 0 saturated heterocycles. The van der Waals surface area contributed by atoms with Gasteiger partial charge >= 0.3 is 0 Å². The Bertz CT molecular complexity index is 1450. The molecule has 0 spiro atoms. The summed E-state index contributed by atoms with van der Waals surface area (Å²) in [7, 11) is 0. The fourth-order valence-corrected chi connectivity index (χ4v) is 4.17. The summed E-state index contributed by atoms with van der Waals surface area (Å²) in [6.45, 7) is 2.39. The molecule has 5 aromatic rings. The number of hydrogen-bond donors (Lipinski definition) is 2. The Kier molecular flexibility index (Phi) is 4.48. The minimum absolute atomic E-state index is 0.367. The van der Waals surface area contributed by atoms with E-state index in [2.05, 4.69) is 30.4 Å². The molecule has 0 unspecified atom stereocenters. The lowest BCUT2D eigenvalue weighted by Crippen LogP contribution is -2.28. The van der Waals surface area contributed by atoms with Crippen molar-refractivity contribution in [1.82, 2.24) is 35.0 Å². The Morgan fingerprint density at radius 1 is 1.03 bits per heavy atom. The summed E-state index contributed by atoms with van der Waals surface area (Å²) >= 11 is 6.10. The average molecular weight is 446 g/mol. The van der Waals surface area contributed by atoms with E-state index in [1.54, 1.807) is 18.6 Å². The van der Waals surface area contributed by atoms with Crippen LogP contribution in [0, 0.1) is 5.82 Å². The average Bonchev–Trinajstić information content (AvgIpc) is 3.47. The minimum atomic E-state index is -0.367. The van der Waals surface area contributed by atoms with Crippen LogP contribution in [0.5, 0.6) is 0 Å². The van der Waals surface area contributed by atoms with Gasteiger partial charge in [-0.05, 0) is 36.4 Å². The van der Waals surface area contributed by atoms with Gasteiger partial charge in [-0.1, -0.05) is 17.7 Å². The summed E-state index contributed by atoms with van der Waals surface area (Å²) in [5, 5.41) is 9.31. The molecule has 1 aliphatic heterocycles. The Labute approximate surface area is 187 Å². The molecule has 7 nitrogen and oxygen atoms in total. The van der Waals surface area contributed by atoms with Crippen LogP contribution in [0.25, 0.3) is 44.8 Å². The first-order valence-electron chi connectivity index (χ1n) is 10.2. The quantitative estimate of drug-likeness (QED) is 0.428. The normalized spacial score (nSPS) is 13.4. The van der Waals surface area contributed by atoms with Gasteiger partial charge in [-0.2, -0.15) is 5.10 Å². The van der Waals surface area contributed by atoms with Crippen LogP contribution in [-0.4, -0.2) is 36.3 Å². The molecule has 0 amide bonds. The van der Waals surface area contributed by atoms with Crippen LogP contribution in [0.4, 0.5) is 4.39 Å². The number of pyridine rings is 1. The number of benzene rings is 2. The maximum Gasteiger partial charge on any atom is 0.183 e. The van der Waals surface area contributed by atoms with E-state index in [1.807, 2.05) is 28.9 Å². The third-order valence-electron chi connectivity index (χ3n) is 5.58. The Hall–Kier alpha value is -3.62. The maximum atomic E-state index is 14.5. The zero-order valence-corrected chi connectivity index (χ0v) is 17.6. The molecule has 0 fully saturated rings.